The van der Waals surface area contributed by atoms with E-state index in [4.69, 9.17) is 0 Å². The maximum Gasteiger partial charge on any atom is 0.0148 e. The normalized spacial score (nSPS) is 19.2. The van der Waals surface area contributed by atoms with Crippen LogP contribution in [0.2, 0.25) is 0 Å². The molecule has 0 saturated carbocycles. The summed E-state index contributed by atoms with van der Waals surface area (Å²) >= 11 is 0. The number of hydrogen-bond acceptors (Lipinski definition) is 2. The molecule has 0 amide bonds. The Morgan fingerprint density at radius 3 is 2.54 bits per heavy atom. The van der Waals surface area contributed by atoms with E-state index in [9.17, 15) is 0 Å². The third-order valence-electron chi connectivity index (χ3n) is 2.56. The summed E-state index contributed by atoms with van der Waals surface area (Å²) in [6, 6.07) is 0.743. The number of nitrogens with one attached hydrogen (secondary N) is 2. The Bertz CT molecular complexity index is 111. The molecule has 3 nitrogen and oxygen atoms in total. The summed E-state index contributed by atoms with van der Waals surface area (Å²) in [6.07, 6.45) is 5.05. The van der Waals surface area contributed by atoms with Gasteiger partial charge in [-0.15, -0.1) is 0 Å². The maximum absolute atomic E-state index is 4.33. The molecule has 1 aliphatic heterocycles. The van der Waals surface area contributed by atoms with Gasteiger partial charge in [0, 0.05) is 19.1 Å². The van der Waals surface area contributed by atoms with Crippen LogP contribution in [0.1, 0.15) is 25.7 Å². The first-order valence-corrected chi connectivity index (χ1v) is 5.44. The van der Waals surface area contributed by atoms with E-state index in [-0.39, 0.29) is 0 Å². The average Bonchev–Trinajstić information content (AvgIpc) is 2.19. The quantitative estimate of drug-likeness (QED) is 0.584. The highest BCUT2D eigenvalue weighted by atomic mass is 15.0. The fraction of sp³-hybridized carbons (Fsp3) is 1.00. The van der Waals surface area contributed by atoms with Crippen molar-refractivity contribution >= 4 is 0 Å². The minimum absolute atomic E-state index is 0.743. The van der Waals surface area contributed by atoms with E-state index in [1.807, 2.05) is 7.05 Å². The van der Waals surface area contributed by atoms with Gasteiger partial charge >= 0.3 is 0 Å². The summed E-state index contributed by atoms with van der Waals surface area (Å²) in [5.74, 6) is 0. The van der Waals surface area contributed by atoms with Crippen molar-refractivity contribution in [2.45, 2.75) is 31.7 Å². The van der Waals surface area contributed by atoms with Crippen molar-refractivity contribution in [1.82, 2.24) is 16.0 Å². The Balaban J connectivity index is 1.86. The van der Waals surface area contributed by atoms with Crippen LogP contribution in [0.3, 0.4) is 0 Å². The number of unbranched alkanes of at least 4 members (excludes halogenated alkanes) is 1. The van der Waals surface area contributed by atoms with Crippen LogP contribution in [0.25, 0.3) is 0 Å². The van der Waals surface area contributed by atoms with E-state index in [0.29, 0.717) is 0 Å². The smallest absolute Gasteiger partial charge is 0.0148 e. The molecule has 1 saturated heterocycles. The monoisotopic (exact) mass is 184 g/mol. The van der Waals surface area contributed by atoms with Gasteiger partial charge in [-0.2, -0.15) is 0 Å². The summed E-state index contributed by atoms with van der Waals surface area (Å²) in [6.45, 7) is 4.44. The van der Waals surface area contributed by atoms with Crippen LogP contribution in [-0.2, 0) is 0 Å². The van der Waals surface area contributed by atoms with Crippen LogP contribution in [0, 0.1) is 0 Å². The van der Waals surface area contributed by atoms with Crippen LogP contribution >= 0.6 is 0 Å². The summed E-state index contributed by atoms with van der Waals surface area (Å²) in [5.41, 5.74) is 0. The van der Waals surface area contributed by atoms with Crippen molar-refractivity contribution in [3.63, 3.8) is 0 Å². The highest BCUT2D eigenvalue weighted by molar-refractivity contribution is 4.73. The van der Waals surface area contributed by atoms with Gasteiger partial charge in [-0.05, 0) is 45.8 Å². The first-order chi connectivity index (χ1) is 6.43. The van der Waals surface area contributed by atoms with Crippen molar-refractivity contribution in [2.75, 3.05) is 33.2 Å². The predicted octanol–water partition coefficient (Wildman–Crippen LogP) is 0.342. The minimum Gasteiger partial charge on any atom is -0.320 e. The largest absolute Gasteiger partial charge is 0.320 e. The highest BCUT2D eigenvalue weighted by Gasteiger charge is 2.11. The van der Waals surface area contributed by atoms with E-state index in [1.165, 1.54) is 32.2 Å². The Morgan fingerprint density at radius 1 is 1.15 bits per heavy atom. The Kier molecular flexibility index (Phi) is 6.15. The van der Waals surface area contributed by atoms with Crippen molar-refractivity contribution in [3.05, 3.63) is 0 Å². The first kappa shape index (κ1) is 11.0. The lowest BCUT2D eigenvalue weighted by atomic mass is 10.1. The first-order valence-electron chi connectivity index (χ1n) is 5.44. The summed E-state index contributed by atoms with van der Waals surface area (Å²) in [5, 5.41) is 11.1. The lowest BCUT2D eigenvalue weighted by molar-refractivity contribution is 0.380. The molecule has 1 fully saturated rings. The second-order valence-electron chi connectivity index (χ2n) is 3.71. The Labute approximate surface area is 81.7 Å². The highest BCUT2D eigenvalue weighted by Crippen LogP contribution is 2.02. The fourth-order valence-electron chi connectivity index (χ4n) is 1.69. The van der Waals surface area contributed by atoms with Gasteiger partial charge in [-0.1, -0.05) is 0 Å². The van der Waals surface area contributed by atoms with Crippen LogP contribution in [-0.4, -0.2) is 39.3 Å². The molecular formula is C10H22N3. The average molecular weight is 184 g/mol. The topological polar surface area (TPSA) is 38.2 Å². The molecule has 13 heavy (non-hydrogen) atoms. The number of nitrogens with zero attached hydrogens (tertiary/aromatic N) is 1. The fourth-order valence-corrected chi connectivity index (χ4v) is 1.69. The molecule has 2 N–H and O–H groups in total. The second kappa shape index (κ2) is 7.30. The Hall–Kier alpha value is -0.120. The summed E-state index contributed by atoms with van der Waals surface area (Å²) in [7, 11) is 2.01. The van der Waals surface area contributed by atoms with Crippen molar-refractivity contribution in [3.8, 4) is 0 Å². The van der Waals surface area contributed by atoms with Crippen LogP contribution in [0.5, 0.6) is 0 Å². The van der Waals surface area contributed by atoms with E-state index in [1.54, 1.807) is 0 Å². The number of rotatable bonds is 6. The molecule has 1 rings (SSSR count). The molecule has 1 radical (unpaired) electrons. The SMILES string of the molecule is CNCCCCNC1CC[N]CC1. The van der Waals surface area contributed by atoms with Gasteiger partial charge in [-0.25, -0.2) is 5.32 Å². The standard InChI is InChI=1S/C10H22N3/c1-11-6-2-3-7-13-10-4-8-12-9-5-10/h10-11,13H,2-9H2,1H3. The molecule has 77 valence electrons. The zero-order chi connectivity index (χ0) is 9.36. The lowest BCUT2D eigenvalue weighted by Crippen LogP contribution is -2.37. The van der Waals surface area contributed by atoms with Gasteiger partial charge in [0.1, 0.15) is 0 Å². The molecular weight excluding hydrogens is 162 g/mol. The molecule has 0 aliphatic carbocycles. The maximum atomic E-state index is 4.33. The Morgan fingerprint density at radius 2 is 1.85 bits per heavy atom. The van der Waals surface area contributed by atoms with Gasteiger partial charge in [0.2, 0.25) is 0 Å². The molecule has 0 unspecified atom stereocenters. The summed E-state index contributed by atoms with van der Waals surface area (Å²) in [4.78, 5) is 0. The van der Waals surface area contributed by atoms with E-state index >= 15 is 0 Å². The predicted molar refractivity (Wildman–Crippen MR) is 56.1 cm³/mol. The second-order valence-corrected chi connectivity index (χ2v) is 3.71. The van der Waals surface area contributed by atoms with Crippen molar-refractivity contribution in [2.24, 2.45) is 0 Å². The molecule has 0 aromatic heterocycles. The molecule has 0 atom stereocenters. The van der Waals surface area contributed by atoms with E-state index in [2.05, 4.69) is 16.0 Å². The third-order valence-corrected chi connectivity index (χ3v) is 2.56. The zero-order valence-corrected chi connectivity index (χ0v) is 8.68. The molecule has 0 aromatic rings. The number of piperidine rings is 1. The number of hydrogen-bond donors (Lipinski definition) is 2. The van der Waals surface area contributed by atoms with Gasteiger partial charge in [-0.3, -0.25) is 0 Å². The van der Waals surface area contributed by atoms with E-state index < -0.39 is 0 Å². The summed E-state index contributed by atoms with van der Waals surface area (Å²) < 4.78 is 0. The van der Waals surface area contributed by atoms with Crippen LogP contribution in [0.4, 0.5) is 0 Å². The minimum atomic E-state index is 0.743. The van der Waals surface area contributed by atoms with E-state index in [0.717, 1.165) is 25.7 Å². The van der Waals surface area contributed by atoms with Crippen molar-refractivity contribution in [1.29, 1.82) is 0 Å². The molecule has 0 spiro atoms. The molecule has 0 aromatic carbocycles. The van der Waals surface area contributed by atoms with Gasteiger partial charge in [0.05, 0.1) is 0 Å². The molecule has 0 bridgehead atoms. The zero-order valence-electron chi connectivity index (χ0n) is 8.68. The van der Waals surface area contributed by atoms with Gasteiger partial charge < -0.3 is 10.6 Å². The van der Waals surface area contributed by atoms with Crippen LogP contribution in [0.15, 0.2) is 0 Å². The van der Waals surface area contributed by atoms with Gasteiger partial charge in [0.25, 0.3) is 0 Å². The van der Waals surface area contributed by atoms with Crippen molar-refractivity contribution < 1.29 is 0 Å². The molecule has 1 heterocycles. The van der Waals surface area contributed by atoms with Gasteiger partial charge in [0.15, 0.2) is 0 Å². The third kappa shape index (κ3) is 5.24. The molecule has 3 heteroatoms. The van der Waals surface area contributed by atoms with Crippen LogP contribution < -0.4 is 16.0 Å². The lowest BCUT2D eigenvalue weighted by Gasteiger charge is -2.22. The molecule has 1 aliphatic rings.